The minimum absolute atomic E-state index is 0.153. The van der Waals surface area contributed by atoms with E-state index in [0.717, 1.165) is 10.5 Å². The zero-order valence-electron chi connectivity index (χ0n) is 18.9. The van der Waals surface area contributed by atoms with E-state index >= 15 is 0 Å². The van der Waals surface area contributed by atoms with Crippen molar-refractivity contribution in [2.24, 2.45) is 0 Å². The van der Waals surface area contributed by atoms with E-state index in [9.17, 15) is 30.0 Å². The van der Waals surface area contributed by atoms with Gasteiger partial charge < -0.3 is 39.6 Å². The zero-order valence-corrected chi connectivity index (χ0v) is 18.9. The lowest BCUT2D eigenvalue weighted by molar-refractivity contribution is -0.137. The Morgan fingerprint density at radius 2 is 1.82 bits per heavy atom. The Kier molecular flexibility index (Phi) is 9.15. The summed E-state index contributed by atoms with van der Waals surface area (Å²) in [6, 6.07) is 5.04. The lowest BCUT2D eigenvalue weighted by Crippen LogP contribution is -2.50. The smallest absolute Gasteiger partial charge is 0.340 e. The number of benzene rings is 1. The predicted molar refractivity (Wildman–Crippen MR) is 120 cm³/mol. The monoisotopic (exact) mass is 465 g/mol. The Morgan fingerprint density at radius 3 is 2.42 bits per heavy atom. The highest BCUT2D eigenvalue weighted by molar-refractivity contribution is 5.85. The molecule has 0 spiro atoms. The van der Waals surface area contributed by atoms with Crippen molar-refractivity contribution in [2.75, 3.05) is 26.8 Å². The van der Waals surface area contributed by atoms with Gasteiger partial charge in [0, 0.05) is 25.0 Å². The molecular formula is C23H31NO9. The van der Waals surface area contributed by atoms with E-state index < -0.39 is 42.6 Å². The Hall–Kier alpha value is -2.76. The molecule has 1 aromatic carbocycles. The van der Waals surface area contributed by atoms with Gasteiger partial charge in [-0.15, -0.1) is 0 Å². The van der Waals surface area contributed by atoms with E-state index in [4.69, 9.17) is 14.3 Å². The number of fused-ring (bicyclic) bond motifs is 1. The van der Waals surface area contributed by atoms with E-state index in [1.165, 1.54) is 7.05 Å². The van der Waals surface area contributed by atoms with Crippen molar-refractivity contribution in [1.82, 2.24) is 4.90 Å². The van der Waals surface area contributed by atoms with Crippen LogP contribution in [0, 0.1) is 6.92 Å². The molecule has 1 heterocycles. The number of likely N-dealkylation sites (N-methyl/N-ethyl adjacent to an activating group) is 1. The normalized spacial score (nSPS) is 15.0. The summed E-state index contributed by atoms with van der Waals surface area (Å²) >= 11 is 0. The Balaban J connectivity index is 2.15. The Labute approximate surface area is 191 Å². The quantitative estimate of drug-likeness (QED) is 0.217. The molecule has 0 saturated carbocycles. The third kappa shape index (κ3) is 6.62. The maximum atomic E-state index is 12.6. The lowest BCUT2D eigenvalue weighted by atomic mass is 10.0. The predicted octanol–water partition coefficient (Wildman–Crippen LogP) is -0.507. The van der Waals surface area contributed by atoms with E-state index in [0.29, 0.717) is 28.9 Å². The molecular weight excluding hydrogens is 434 g/mol. The summed E-state index contributed by atoms with van der Waals surface area (Å²) in [6.07, 6.45) is -7.14. The number of carbonyl (C=O) groups excluding carboxylic acids is 1. The molecule has 0 radical (unpaired) electrons. The van der Waals surface area contributed by atoms with Crippen LogP contribution in [0.1, 0.15) is 18.1 Å². The van der Waals surface area contributed by atoms with E-state index in [2.05, 4.69) is 6.58 Å². The molecule has 1 amide bonds. The van der Waals surface area contributed by atoms with Crippen LogP contribution in [0.15, 0.2) is 39.6 Å². The highest BCUT2D eigenvalue weighted by Gasteiger charge is 2.31. The van der Waals surface area contributed by atoms with Crippen LogP contribution in [0.3, 0.4) is 0 Å². The molecule has 0 saturated heterocycles. The standard InChI is InChI=1S/C23H31NO9/c1-12(2)11-32-14-5-6-15-13(3)16(23(31)33-19(15)7-14)8-20(28)24(4)9-17(26)21(29)22(30)18(27)10-25/h5-7,17-18,21-22,25-27,29-30H,1,8-11H2,2-4H3/t17-,18-,21+,22-/m1/s1. The van der Waals surface area contributed by atoms with Crippen LogP contribution in [0.25, 0.3) is 11.0 Å². The number of rotatable bonds is 11. The van der Waals surface area contributed by atoms with Crippen molar-refractivity contribution < 1.29 is 39.5 Å². The van der Waals surface area contributed by atoms with Crippen molar-refractivity contribution in [3.05, 3.63) is 51.9 Å². The number of aliphatic hydroxyl groups is 5. The van der Waals surface area contributed by atoms with E-state index in [1.807, 2.05) is 6.92 Å². The van der Waals surface area contributed by atoms with Crippen molar-refractivity contribution in [2.45, 2.75) is 44.7 Å². The molecule has 0 bridgehead atoms. The summed E-state index contributed by atoms with van der Waals surface area (Å²) in [4.78, 5) is 26.3. The van der Waals surface area contributed by atoms with Gasteiger partial charge in [-0.3, -0.25) is 4.79 Å². The highest BCUT2D eigenvalue weighted by atomic mass is 16.5. The van der Waals surface area contributed by atoms with Crippen LogP contribution in [0.5, 0.6) is 5.75 Å². The molecule has 0 fully saturated rings. The van der Waals surface area contributed by atoms with Gasteiger partial charge in [0.1, 0.15) is 42.4 Å². The molecule has 5 N–H and O–H groups in total. The SMILES string of the molecule is C=C(C)COc1ccc2c(C)c(CC(=O)N(C)C[C@@H](O)[C@H](O)[C@H](O)[C@H](O)CO)c(=O)oc2c1. The van der Waals surface area contributed by atoms with Crippen LogP contribution in [-0.4, -0.2) is 87.6 Å². The number of nitrogens with zero attached hydrogens (tertiary/aromatic N) is 1. The summed E-state index contributed by atoms with van der Waals surface area (Å²) in [5.41, 5.74) is 1.19. The van der Waals surface area contributed by atoms with Gasteiger partial charge in [0.2, 0.25) is 5.91 Å². The van der Waals surface area contributed by atoms with Crippen molar-refractivity contribution in [3.63, 3.8) is 0 Å². The number of carbonyl (C=O) groups is 1. The fourth-order valence-electron chi connectivity index (χ4n) is 3.21. The molecule has 2 rings (SSSR count). The fraction of sp³-hybridized carbons (Fsp3) is 0.478. The van der Waals surface area contributed by atoms with Gasteiger partial charge in [-0.05, 0) is 37.1 Å². The first-order chi connectivity index (χ1) is 15.5. The van der Waals surface area contributed by atoms with E-state index in [-0.39, 0.29) is 18.5 Å². The Bertz CT molecular complexity index is 1050. The third-order valence-electron chi connectivity index (χ3n) is 5.28. The van der Waals surface area contributed by atoms with Crippen LogP contribution in [0.2, 0.25) is 0 Å². The second-order valence-electron chi connectivity index (χ2n) is 8.15. The molecule has 0 aliphatic carbocycles. The van der Waals surface area contributed by atoms with Gasteiger partial charge in [0.25, 0.3) is 0 Å². The number of amides is 1. The molecule has 182 valence electrons. The zero-order chi connectivity index (χ0) is 24.9. The van der Waals surface area contributed by atoms with Gasteiger partial charge >= 0.3 is 5.63 Å². The van der Waals surface area contributed by atoms with Crippen LogP contribution >= 0.6 is 0 Å². The number of ether oxygens (including phenoxy) is 1. The number of hydrogen-bond donors (Lipinski definition) is 5. The fourth-order valence-corrected chi connectivity index (χ4v) is 3.21. The average molecular weight is 465 g/mol. The summed E-state index contributed by atoms with van der Waals surface area (Å²) in [5.74, 6) is -0.0210. The van der Waals surface area contributed by atoms with Crippen molar-refractivity contribution in [1.29, 1.82) is 0 Å². The average Bonchev–Trinajstić information content (AvgIpc) is 2.78. The van der Waals surface area contributed by atoms with Gasteiger partial charge in [0.15, 0.2) is 0 Å². The second-order valence-corrected chi connectivity index (χ2v) is 8.15. The minimum atomic E-state index is -1.80. The first kappa shape index (κ1) is 26.5. The van der Waals surface area contributed by atoms with Crippen LogP contribution in [0.4, 0.5) is 0 Å². The first-order valence-electron chi connectivity index (χ1n) is 10.4. The van der Waals surface area contributed by atoms with Crippen molar-refractivity contribution in [3.8, 4) is 5.75 Å². The minimum Gasteiger partial charge on any atom is -0.489 e. The maximum absolute atomic E-state index is 12.6. The Morgan fingerprint density at radius 1 is 1.18 bits per heavy atom. The topological polar surface area (TPSA) is 161 Å². The second kappa shape index (κ2) is 11.4. The number of aliphatic hydroxyl groups excluding tert-OH is 5. The highest BCUT2D eigenvalue weighted by Crippen LogP contribution is 2.25. The van der Waals surface area contributed by atoms with Crippen LogP contribution in [-0.2, 0) is 11.2 Å². The summed E-state index contributed by atoms with van der Waals surface area (Å²) in [5, 5.41) is 48.6. The third-order valence-corrected chi connectivity index (χ3v) is 5.28. The molecule has 33 heavy (non-hydrogen) atoms. The largest absolute Gasteiger partial charge is 0.489 e. The molecule has 0 unspecified atom stereocenters. The molecule has 0 aliphatic heterocycles. The van der Waals surface area contributed by atoms with Crippen LogP contribution < -0.4 is 10.4 Å². The number of aryl methyl sites for hydroxylation is 1. The maximum Gasteiger partial charge on any atom is 0.340 e. The molecule has 2 aromatic rings. The van der Waals surface area contributed by atoms with E-state index in [1.54, 1.807) is 25.1 Å². The molecule has 4 atom stereocenters. The molecule has 1 aromatic heterocycles. The van der Waals surface area contributed by atoms with Crippen molar-refractivity contribution >= 4 is 16.9 Å². The summed E-state index contributed by atoms with van der Waals surface area (Å²) < 4.78 is 11.0. The molecule has 0 aliphatic rings. The molecule has 10 nitrogen and oxygen atoms in total. The first-order valence-corrected chi connectivity index (χ1v) is 10.4. The van der Waals surface area contributed by atoms with Gasteiger partial charge in [-0.2, -0.15) is 0 Å². The van der Waals surface area contributed by atoms with Gasteiger partial charge in [-0.1, -0.05) is 6.58 Å². The van der Waals surface area contributed by atoms with Gasteiger partial charge in [0.05, 0.1) is 18.6 Å². The lowest BCUT2D eigenvalue weighted by Gasteiger charge is -2.28. The number of hydrogen-bond acceptors (Lipinski definition) is 9. The summed E-state index contributed by atoms with van der Waals surface area (Å²) in [7, 11) is 1.36. The summed E-state index contributed by atoms with van der Waals surface area (Å²) in [6.45, 7) is 6.42. The van der Waals surface area contributed by atoms with Gasteiger partial charge in [-0.25, -0.2) is 4.79 Å². The molecule has 10 heteroatoms.